The summed E-state index contributed by atoms with van der Waals surface area (Å²) in [5.41, 5.74) is 8.03. The molecule has 0 saturated heterocycles. The number of allylic oxidation sites excluding steroid dienone is 1. The number of benzene rings is 1. The lowest BCUT2D eigenvalue weighted by molar-refractivity contribution is -0.274. The number of carbonyl (C=O) groups is 2. The van der Waals surface area contributed by atoms with E-state index in [1.807, 2.05) is 13.8 Å². The Balaban J connectivity index is 2.35. The SMILES string of the molecule is C=CC(=O)C(CC)CCC1C(C(=N)CCC)=C(N)CCN1C(=O)c1ccc(OC(F)(F)F)cc1. The molecule has 1 aliphatic heterocycles. The molecule has 0 spiro atoms. The lowest BCUT2D eigenvalue weighted by Gasteiger charge is -2.39. The molecule has 1 aliphatic rings. The Morgan fingerprint density at radius 3 is 2.47 bits per heavy atom. The Morgan fingerprint density at radius 1 is 1.29 bits per heavy atom. The normalized spacial score (nSPS) is 17.3. The van der Waals surface area contributed by atoms with Gasteiger partial charge >= 0.3 is 6.36 Å². The van der Waals surface area contributed by atoms with Gasteiger partial charge in [-0.25, -0.2) is 0 Å². The third-order valence-corrected chi connectivity index (χ3v) is 5.98. The van der Waals surface area contributed by atoms with E-state index in [0.29, 0.717) is 55.6 Å². The lowest BCUT2D eigenvalue weighted by Crippen LogP contribution is -2.48. The molecule has 9 heteroatoms. The van der Waals surface area contributed by atoms with Gasteiger partial charge in [-0.05, 0) is 56.0 Å². The molecule has 0 aliphatic carbocycles. The first-order valence-electron chi connectivity index (χ1n) is 11.4. The van der Waals surface area contributed by atoms with E-state index in [1.165, 1.54) is 18.2 Å². The van der Waals surface area contributed by atoms with Gasteiger partial charge < -0.3 is 20.8 Å². The van der Waals surface area contributed by atoms with Gasteiger partial charge in [0, 0.05) is 41.4 Å². The Bertz CT molecular complexity index is 939. The number of halogens is 3. The summed E-state index contributed by atoms with van der Waals surface area (Å²) < 4.78 is 41.3. The number of ketones is 1. The van der Waals surface area contributed by atoms with Gasteiger partial charge in [0.25, 0.3) is 5.91 Å². The molecule has 0 radical (unpaired) electrons. The first-order valence-corrected chi connectivity index (χ1v) is 11.4. The second-order valence-corrected chi connectivity index (χ2v) is 8.29. The molecular formula is C25H32F3N3O3. The zero-order chi connectivity index (χ0) is 25.5. The molecular weight excluding hydrogens is 447 g/mol. The summed E-state index contributed by atoms with van der Waals surface area (Å²) in [6, 6.07) is 4.27. The van der Waals surface area contributed by atoms with Crippen LogP contribution < -0.4 is 10.5 Å². The quantitative estimate of drug-likeness (QED) is 0.328. The van der Waals surface area contributed by atoms with Crippen LogP contribution in [0.15, 0.2) is 48.2 Å². The predicted molar refractivity (Wildman–Crippen MR) is 125 cm³/mol. The highest BCUT2D eigenvalue weighted by molar-refractivity contribution is 6.02. The van der Waals surface area contributed by atoms with Crippen molar-refractivity contribution >= 4 is 17.4 Å². The van der Waals surface area contributed by atoms with E-state index in [2.05, 4.69) is 11.3 Å². The second-order valence-electron chi connectivity index (χ2n) is 8.29. The molecule has 186 valence electrons. The molecule has 1 aromatic carbocycles. The van der Waals surface area contributed by atoms with Crippen LogP contribution in [0.3, 0.4) is 0 Å². The lowest BCUT2D eigenvalue weighted by atomic mass is 9.84. The number of rotatable bonds is 11. The van der Waals surface area contributed by atoms with Crippen molar-refractivity contribution in [3.63, 3.8) is 0 Å². The minimum Gasteiger partial charge on any atom is -0.406 e. The first-order chi connectivity index (χ1) is 16.0. The van der Waals surface area contributed by atoms with Crippen LogP contribution in [0.1, 0.15) is 62.7 Å². The van der Waals surface area contributed by atoms with E-state index in [1.54, 1.807) is 4.90 Å². The first kappa shape index (κ1) is 27.1. The van der Waals surface area contributed by atoms with E-state index in [0.717, 1.165) is 18.6 Å². The maximum Gasteiger partial charge on any atom is 0.573 e. The molecule has 0 fully saturated rings. The smallest absolute Gasteiger partial charge is 0.406 e. The van der Waals surface area contributed by atoms with Crippen LogP contribution in [0, 0.1) is 11.3 Å². The largest absolute Gasteiger partial charge is 0.573 e. The summed E-state index contributed by atoms with van der Waals surface area (Å²) in [5.74, 6) is -1.11. The Hall–Kier alpha value is -3.10. The highest BCUT2D eigenvalue weighted by Crippen LogP contribution is 2.31. The van der Waals surface area contributed by atoms with Crippen molar-refractivity contribution in [2.75, 3.05) is 6.54 Å². The van der Waals surface area contributed by atoms with Crippen molar-refractivity contribution in [3.05, 3.63) is 53.8 Å². The van der Waals surface area contributed by atoms with E-state index in [-0.39, 0.29) is 23.2 Å². The van der Waals surface area contributed by atoms with E-state index in [9.17, 15) is 22.8 Å². The van der Waals surface area contributed by atoms with Crippen LogP contribution in [0.4, 0.5) is 13.2 Å². The molecule has 3 N–H and O–H groups in total. The van der Waals surface area contributed by atoms with E-state index < -0.39 is 18.2 Å². The number of nitrogens with two attached hydrogens (primary N) is 1. The Labute approximate surface area is 198 Å². The van der Waals surface area contributed by atoms with Crippen molar-refractivity contribution in [1.82, 2.24) is 4.90 Å². The third kappa shape index (κ3) is 6.95. The minimum atomic E-state index is -4.82. The molecule has 1 amide bonds. The van der Waals surface area contributed by atoms with Crippen molar-refractivity contribution in [2.24, 2.45) is 11.7 Å². The number of carbonyl (C=O) groups excluding carboxylic acids is 2. The van der Waals surface area contributed by atoms with Crippen molar-refractivity contribution in [1.29, 1.82) is 5.41 Å². The van der Waals surface area contributed by atoms with E-state index >= 15 is 0 Å². The fourth-order valence-corrected chi connectivity index (χ4v) is 4.26. The Kier molecular flexibility index (Phi) is 9.46. The Morgan fingerprint density at radius 2 is 1.94 bits per heavy atom. The standard InChI is InChI=1S/C25H32F3N3O3/c1-4-7-19(29)23-20(30)14-15-31(21(23)13-10-16(5-2)22(32)6-3)24(33)17-8-11-18(12-9-17)34-25(26,27)28/h6,8-9,11-12,16,21,29H,3-5,7,10,13-15,30H2,1-2H3. The maximum atomic E-state index is 13.4. The molecule has 0 bridgehead atoms. The summed E-state index contributed by atoms with van der Waals surface area (Å²) in [6.07, 6.45) is -0.351. The number of amides is 1. The zero-order valence-electron chi connectivity index (χ0n) is 19.6. The molecule has 0 saturated carbocycles. The summed E-state index contributed by atoms with van der Waals surface area (Å²) in [4.78, 5) is 27.2. The topological polar surface area (TPSA) is 96.5 Å². The third-order valence-electron chi connectivity index (χ3n) is 5.98. The van der Waals surface area contributed by atoms with Gasteiger partial charge in [0.15, 0.2) is 5.78 Å². The fraction of sp³-hybridized carbons (Fsp3) is 0.480. The summed E-state index contributed by atoms with van der Waals surface area (Å²) in [7, 11) is 0. The van der Waals surface area contributed by atoms with Crippen LogP contribution in [0.5, 0.6) is 5.75 Å². The van der Waals surface area contributed by atoms with Crippen molar-refractivity contribution in [3.8, 4) is 5.75 Å². The van der Waals surface area contributed by atoms with Crippen LogP contribution in [-0.4, -0.2) is 41.3 Å². The highest BCUT2D eigenvalue weighted by Gasteiger charge is 2.35. The fourth-order valence-electron chi connectivity index (χ4n) is 4.26. The summed E-state index contributed by atoms with van der Waals surface area (Å²) in [5, 5.41) is 8.56. The summed E-state index contributed by atoms with van der Waals surface area (Å²) >= 11 is 0. The van der Waals surface area contributed by atoms with Gasteiger partial charge in [-0.15, -0.1) is 13.2 Å². The predicted octanol–water partition coefficient (Wildman–Crippen LogP) is 5.39. The molecule has 6 nitrogen and oxygen atoms in total. The molecule has 2 atom stereocenters. The van der Waals surface area contributed by atoms with E-state index in [4.69, 9.17) is 11.1 Å². The highest BCUT2D eigenvalue weighted by atomic mass is 19.4. The van der Waals surface area contributed by atoms with Crippen molar-refractivity contribution < 1.29 is 27.5 Å². The molecule has 0 aromatic heterocycles. The zero-order valence-corrected chi connectivity index (χ0v) is 19.6. The number of hydrogen-bond acceptors (Lipinski definition) is 5. The van der Waals surface area contributed by atoms with Gasteiger partial charge in [-0.2, -0.15) is 0 Å². The average Bonchev–Trinajstić information content (AvgIpc) is 2.78. The second kappa shape index (κ2) is 11.9. The van der Waals surface area contributed by atoms with Crippen molar-refractivity contribution in [2.45, 2.75) is 64.8 Å². The van der Waals surface area contributed by atoms with Crippen LogP contribution in [0.25, 0.3) is 0 Å². The molecule has 2 rings (SSSR count). The van der Waals surface area contributed by atoms with Gasteiger partial charge in [0.2, 0.25) is 0 Å². The number of alkyl halides is 3. The molecule has 34 heavy (non-hydrogen) atoms. The number of nitrogens with one attached hydrogen (secondary N) is 1. The maximum absolute atomic E-state index is 13.4. The molecule has 1 heterocycles. The van der Waals surface area contributed by atoms with Gasteiger partial charge in [-0.3, -0.25) is 9.59 Å². The minimum absolute atomic E-state index is 0.0708. The number of ether oxygens (including phenoxy) is 1. The molecule has 2 unspecified atom stereocenters. The van der Waals surface area contributed by atoms with Crippen LogP contribution in [0.2, 0.25) is 0 Å². The van der Waals surface area contributed by atoms with Crippen LogP contribution >= 0.6 is 0 Å². The average molecular weight is 480 g/mol. The molecule has 1 aromatic rings. The number of hydrogen-bond donors (Lipinski definition) is 2. The monoisotopic (exact) mass is 479 g/mol. The van der Waals surface area contributed by atoms with Gasteiger partial charge in [0.05, 0.1) is 6.04 Å². The number of nitrogens with zero attached hydrogens (tertiary/aromatic N) is 1. The van der Waals surface area contributed by atoms with Gasteiger partial charge in [-0.1, -0.05) is 26.8 Å². The summed E-state index contributed by atoms with van der Waals surface area (Å²) in [6.45, 7) is 7.73. The van der Waals surface area contributed by atoms with Crippen LogP contribution in [-0.2, 0) is 4.79 Å². The van der Waals surface area contributed by atoms with Gasteiger partial charge in [0.1, 0.15) is 5.75 Å².